The predicted octanol–water partition coefficient (Wildman–Crippen LogP) is 2.85. The molecule has 1 aliphatic heterocycles. The van der Waals surface area contributed by atoms with Crippen molar-refractivity contribution in [3.05, 3.63) is 29.8 Å². The van der Waals surface area contributed by atoms with Gasteiger partial charge in [-0.2, -0.15) is 5.26 Å². The molecule has 0 radical (unpaired) electrons. The standard InChI is InChI=1S/C21H29N3O3/c1-15(2)18-6-4-5-7-19(18)27-16(3)21(26)24-12-9-17(10-13-24)14-23-20(25)8-11-22/h4-7,15-17H,8-10,12-14H2,1-3H3,(H,23,25). The molecule has 146 valence electrons. The molecule has 0 spiro atoms. The first kappa shape index (κ1) is 20.8. The van der Waals surface area contributed by atoms with Crippen molar-refractivity contribution in [3.63, 3.8) is 0 Å². The topological polar surface area (TPSA) is 82.4 Å². The lowest BCUT2D eigenvalue weighted by atomic mass is 9.96. The number of nitriles is 1. The monoisotopic (exact) mass is 371 g/mol. The molecule has 2 rings (SSSR count). The molecule has 1 unspecified atom stereocenters. The zero-order valence-electron chi connectivity index (χ0n) is 16.4. The number of carbonyl (C=O) groups is 2. The molecular weight excluding hydrogens is 342 g/mol. The maximum atomic E-state index is 12.7. The third kappa shape index (κ3) is 5.99. The summed E-state index contributed by atoms with van der Waals surface area (Å²) in [6.07, 6.45) is 1.04. The van der Waals surface area contributed by atoms with Gasteiger partial charge in [0.15, 0.2) is 6.10 Å². The van der Waals surface area contributed by atoms with Gasteiger partial charge in [0, 0.05) is 19.6 Å². The van der Waals surface area contributed by atoms with Gasteiger partial charge in [0.25, 0.3) is 5.91 Å². The van der Waals surface area contributed by atoms with Crippen LogP contribution in [0.4, 0.5) is 0 Å². The van der Waals surface area contributed by atoms with Crippen LogP contribution in [-0.4, -0.2) is 42.5 Å². The molecule has 1 aliphatic rings. The molecule has 1 aromatic carbocycles. The summed E-state index contributed by atoms with van der Waals surface area (Å²) in [6, 6.07) is 9.69. The summed E-state index contributed by atoms with van der Waals surface area (Å²) < 4.78 is 5.98. The van der Waals surface area contributed by atoms with E-state index >= 15 is 0 Å². The predicted molar refractivity (Wildman–Crippen MR) is 103 cm³/mol. The van der Waals surface area contributed by atoms with Crippen LogP contribution in [0.3, 0.4) is 0 Å². The van der Waals surface area contributed by atoms with E-state index in [9.17, 15) is 9.59 Å². The summed E-state index contributed by atoms with van der Waals surface area (Å²) in [4.78, 5) is 26.0. The number of carbonyl (C=O) groups excluding carboxylic acids is 2. The second-order valence-corrected chi connectivity index (χ2v) is 7.36. The Morgan fingerprint density at radius 1 is 1.26 bits per heavy atom. The van der Waals surface area contributed by atoms with Crippen molar-refractivity contribution in [1.29, 1.82) is 5.26 Å². The fourth-order valence-electron chi connectivity index (χ4n) is 3.31. The molecule has 6 heteroatoms. The van der Waals surface area contributed by atoms with E-state index in [0.29, 0.717) is 31.5 Å². The molecule has 1 N–H and O–H groups in total. The summed E-state index contributed by atoms with van der Waals surface area (Å²) >= 11 is 0. The van der Waals surface area contributed by atoms with E-state index in [1.165, 1.54) is 0 Å². The van der Waals surface area contributed by atoms with Crippen LogP contribution in [0, 0.1) is 17.2 Å². The first-order chi connectivity index (χ1) is 12.9. The first-order valence-electron chi connectivity index (χ1n) is 9.60. The summed E-state index contributed by atoms with van der Waals surface area (Å²) in [5.41, 5.74) is 1.10. The highest BCUT2D eigenvalue weighted by Gasteiger charge is 2.27. The lowest BCUT2D eigenvalue weighted by Gasteiger charge is -2.33. The molecule has 1 heterocycles. The zero-order chi connectivity index (χ0) is 19.8. The van der Waals surface area contributed by atoms with Gasteiger partial charge in [0.1, 0.15) is 12.2 Å². The van der Waals surface area contributed by atoms with Crippen LogP contribution >= 0.6 is 0 Å². The molecule has 6 nitrogen and oxygen atoms in total. The van der Waals surface area contributed by atoms with Gasteiger partial charge in [-0.1, -0.05) is 32.0 Å². The van der Waals surface area contributed by atoms with Crippen molar-refractivity contribution in [2.75, 3.05) is 19.6 Å². The van der Waals surface area contributed by atoms with Crippen LogP contribution in [0.5, 0.6) is 5.75 Å². The van der Waals surface area contributed by atoms with E-state index in [4.69, 9.17) is 10.00 Å². The molecule has 27 heavy (non-hydrogen) atoms. The van der Waals surface area contributed by atoms with Crippen LogP contribution in [0.2, 0.25) is 0 Å². The summed E-state index contributed by atoms with van der Waals surface area (Å²) in [5.74, 6) is 1.20. The summed E-state index contributed by atoms with van der Waals surface area (Å²) in [7, 11) is 0. The van der Waals surface area contributed by atoms with Gasteiger partial charge in [0.05, 0.1) is 6.07 Å². The van der Waals surface area contributed by atoms with E-state index in [1.807, 2.05) is 35.2 Å². The zero-order valence-corrected chi connectivity index (χ0v) is 16.4. The maximum absolute atomic E-state index is 12.7. The van der Waals surface area contributed by atoms with E-state index in [0.717, 1.165) is 24.2 Å². The normalized spacial score (nSPS) is 15.9. The number of hydrogen-bond donors (Lipinski definition) is 1. The number of piperidine rings is 1. The van der Waals surface area contributed by atoms with Gasteiger partial charge in [-0.05, 0) is 43.2 Å². The number of amides is 2. The van der Waals surface area contributed by atoms with Crippen molar-refractivity contribution in [2.45, 2.75) is 52.1 Å². The Morgan fingerprint density at radius 2 is 1.93 bits per heavy atom. The number of ether oxygens (including phenoxy) is 1. The third-order valence-corrected chi connectivity index (χ3v) is 4.95. The molecule has 0 aromatic heterocycles. The third-order valence-electron chi connectivity index (χ3n) is 4.95. The molecule has 0 bridgehead atoms. The summed E-state index contributed by atoms with van der Waals surface area (Å²) in [6.45, 7) is 7.90. The molecule has 0 aliphatic carbocycles. The van der Waals surface area contributed by atoms with E-state index in [2.05, 4.69) is 19.2 Å². The van der Waals surface area contributed by atoms with Gasteiger partial charge in [-0.3, -0.25) is 9.59 Å². The number of benzene rings is 1. The highest BCUT2D eigenvalue weighted by molar-refractivity contribution is 5.81. The fourth-order valence-corrected chi connectivity index (χ4v) is 3.31. The van der Waals surface area contributed by atoms with E-state index in [-0.39, 0.29) is 18.2 Å². The van der Waals surface area contributed by atoms with Crippen LogP contribution < -0.4 is 10.1 Å². The van der Waals surface area contributed by atoms with Crippen LogP contribution in [0.1, 0.15) is 51.5 Å². The minimum atomic E-state index is -0.531. The van der Waals surface area contributed by atoms with Gasteiger partial charge in [0.2, 0.25) is 5.91 Å². The fraction of sp³-hybridized carbons (Fsp3) is 0.571. The molecule has 1 atom stereocenters. The van der Waals surface area contributed by atoms with Gasteiger partial charge in [-0.15, -0.1) is 0 Å². The van der Waals surface area contributed by atoms with Gasteiger partial charge >= 0.3 is 0 Å². The number of nitrogens with one attached hydrogen (secondary N) is 1. The first-order valence-corrected chi connectivity index (χ1v) is 9.60. The summed E-state index contributed by atoms with van der Waals surface area (Å²) in [5, 5.41) is 11.3. The molecular formula is C21H29N3O3. The maximum Gasteiger partial charge on any atom is 0.263 e. The minimum Gasteiger partial charge on any atom is -0.481 e. The molecule has 0 saturated carbocycles. The Balaban J connectivity index is 1.83. The average Bonchev–Trinajstić information content (AvgIpc) is 2.66. The number of rotatable bonds is 7. The number of likely N-dealkylation sites (tertiary alicyclic amines) is 1. The van der Waals surface area contributed by atoms with E-state index < -0.39 is 6.10 Å². The minimum absolute atomic E-state index is 0.000486. The number of para-hydroxylation sites is 1. The number of hydrogen-bond acceptors (Lipinski definition) is 4. The Labute approximate surface area is 161 Å². The molecule has 2 amide bonds. The Kier molecular flexibility index (Phi) is 7.66. The quantitative estimate of drug-likeness (QED) is 0.799. The Bertz CT molecular complexity index is 688. The largest absolute Gasteiger partial charge is 0.481 e. The smallest absolute Gasteiger partial charge is 0.263 e. The van der Waals surface area contributed by atoms with Crippen molar-refractivity contribution < 1.29 is 14.3 Å². The van der Waals surface area contributed by atoms with Crippen LogP contribution in [0.15, 0.2) is 24.3 Å². The highest BCUT2D eigenvalue weighted by atomic mass is 16.5. The van der Waals surface area contributed by atoms with Crippen molar-refractivity contribution >= 4 is 11.8 Å². The van der Waals surface area contributed by atoms with Crippen LogP contribution in [-0.2, 0) is 9.59 Å². The second-order valence-electron chi connectivity index (χ2n) is 7.36. The Hall–Kier alpha value is -2.55. The molecule has 1 fully saturated rings. The van der Waals surface area contributed by atoms with Crippen molar-refractivity contribution in [3.8, 4) is 11.8 Å². The SMILES string of the molecule is CC(Oc1ccccc1C(C)C)C(=O)N1CCC(CNC(=O)CC#N)CC1. The van der Waals surface area contributed by atoms with Crippen molar-refractivity contribution in [2.24, 2.45) is 5.92 Å². The van der Waals surface area contributed by atoms with Gasteiger partial charge in [-0.25, -0.2) is 0 Å². The van der Waals surface area contributed by atoms with E-state index in [1.54, 1.807) is 6.92 Å². The van der Waals surface area contributed by atoms with Crippen LogP contribution in [0.25, 0.3) is 0 Å². The molecule has 1 saturated heterocycles. The lowest BCUT2D eigenvalue weighted by Crippen LogP contribution is -2.46. The second kappa shape index (κ2) is 9.96. The molecule has 1 aromatic rings. The Morgan fingerprint density at radius 3 is 2.56 bits per heavy atom. The lowest BCUT2D eigenvalue weighted by molar-refractivity contribution is -0.139. The number of nitrogens with zero attached hydrogens (tertiary/aromatic N) is 2. The average molecular weight is 371 g/mol. The highest BCUT2D eigenvalue weighted by Crippen LogP contribution is 2.27. The van der Waals surface area contributed by atoms with Crippen molar-refractivity contribution in [1.82, 2.24) is 10.2 Å². The van der Waals surface area contributed by atoms with Gasteiger partial charge < -0.3 is 15.0 Å².